The number of rotatable bonds is 7. The Bertz CT molecular complexity index is 729. The third kappa shape index (κ3) is 5.41. The van der Waals surface area contributed by atoms with E-state index in [1.54, 1.807) is 11.1 Å². The first-order chi connectivity index (χ1) is 12.0. The Morgan fingerprint density at radius 3 is 2.60 bits per heavy atom. The molecular formula is C20H25N3O2. The number of amides is 2. The number of anilines is 1. The van der Waals surface area contributed by atoms with Gasteiger partial charge in [0, 0.05) is 31.8 Å². The maximum absolute atomic E-state index is 12.3. The predicted molar refractivity (Wildman–Crippen MR) is 99.1 cm³/mol. The van der Waals surface area contributed by atoms with Crippen molar-refractivity contribution in [1.82, 2.24) is 9.88 Å². The molecule has 1 N–H and O–H groups in total. The van der Waals surface area contributed by atoms with Crippen LogP contribution in [0.4, 0.5) is 5.69 Å². The number of nitrogens with one attached hydrogen (secondary N) is 1. The minimum absolute atomic E-state index is 0.0661. The van der Waals surface area contributed by atoms with Crippen LogP contribution in [0.25, 0.3) is 0 Å². The standard InChI is InChI=1S/C20H25N3O2/c1-4-17-9-7-8-15(2)20(17)22-19(25)11-13-23(16(3)24)14-18-10-5-6-12-21-18/h5-10,12H,4,11,13-14H2,1-3H3,(H,22,25). The molecular weight excluding hydrogens is 314 g/mol. The normalized spacial score (nSPS) is 10.4. The van der Waals surface area contributed by atoms with Crippen molar-refractivity contribution < 1.29 is 9.59 Å². The second-order valence-corrected chi connectivity index (χ2v) is 6.02. The van der Waals surface area contributed by atoms with Crippen LogP contribution in [-0.2, 0) is 22.6 Å². The summed E-state index contributed by atoms with van der Waals surface area (Å²) in [6, 6.07) is 11.6. The lowest BCUT2D eigenvalue weighted by atomic mass is 10.1. The Labute approximate surface area is 149 Å². The molecule has 5 heteroatoms. The van der Waals surface area contributed by atoms with Crippen molar-refractivity contribution in [3.63, 3.8) is 0 Å². The van der Waals surface area contributed by atoms with Gasteiger partial charge in [-0.15, -0.1) is 0 Å². The molecule has 0 atom stereocenters. The highest BCUT2D eigenvalue weighted by atomic mass is 16.2. The van der Waals surface area contributed by atoms with Gasteiger partial charge in [0.1, 0.15) is 0 Å². The van der Waals surface area contributed by atoms with Gasteiger partial charge < -0.3 is 10.2 Å². The molecule has 2 rings (SSSR count). The van der Waals surface area contributed by atoms with Gasteiger partial charge in [-0.1, -0.05) is 31.2 Å². The second kappa shape index (κ2) is 8.97. The molecule has 0 spiro atoms. The van der Waals surface area contributed by atoms with Gasteiger partial charge in [-0.25, -0.2) is 0 Å². The lowest BCUT2D eigenvalue weighted by molar-refractivity contribution is -0.130. The lowest BCUT2D eigenvalue weighted by Crippen LogP contribution is -2.32. The van der Waals surface area contributed by atoms with E-state index >= 15 is 0 Å². The molecule has 0 unspecified atom stereocenters. The maximum Gasteiger partial charge on any atom is 0.226 e. The van der Waals surface area contributed by atoms with Crippen LogP contribution in [-0.4, -0.2) is 28.2 Å². The second-order valence-electron chi connectivity index (χ2n) is 6.02. The summed E-state index contributed by atoms with van der Waals surface area (Å²) in [7, 11) is 0. The van der Waals surface area contributed by atoms with Gasteiger partial charge in [0.15, 0.2) is 0 Å². The number of benzene rings is 1. The Morgan fingerprint density at radius 1 is 1.16 bits per heavy atom. The molecule has 0 radical (unpaired) electrons. The number of pyridine rings is 1. The Balaban J connectivity index is 1.97. The molecule has 0 fully saturated rings. The summed E-state index contributed by atoms with van der Waals surface area (Å²) in [5, 5.41) is 3.00. The quantitative estimate of drug-likeness (QED) is 0.841. The van der Waals surface area contributed by atoms with Crippen molar-refractivity contribution in [2.45, 2.75) is 40.2 Å². The highest BCUT2D eigenvalue weighted by Crippen LogP contribution is 2.21. The van der Waals surface area contributed by atoms with E-state index in [1.807, 2.05) is 43.3 Å². The maximum atomic E-state index is 12.3. The van der Waals surface area contributed by atoms with E-state index in [4.69, 9.17) is 0 Å². The monoisotopic (exact) mass is 339 g/mol. The molecule has 1 heterocycles. The van der Waals surface area contributed by atoms with Crippen molar-refractivity contribution >= 4 is 17.5 Å². The highest BCUT2D eigenvalue weighted by Gasteiger charge is 2.14. The molecule has 0 saturated carbocycles. The first-order valence-corrected chi connectivity index (χ1v) is 8.55. The third-order valence-electron chi connectivity index (χ3n) is 4.14. The number of aromatic nitrogens is 1. The third-order valence-corrected chi connectivity index (χ3v) is 4.14. The molecule has 1 aromatic heterocycles. The molecule has 0 aliphatic heterocycles. The van der Waals surface area contributed by atoms with Gasteiger partial charge in [0.25, 0.3) is 0 Å². The van der Waals surface area contributed by atoms with E-state index in [0.717, 1.165) is 28.9 Å². The van der Waals surface area contributed by atoms with Crippen molar-refractivity contribution in [2.75, 3.05) is 11.9 Å². The molecule has 0 saturated heterocycles. The van der Waals surface area contributed by atoms with Gasteiger partial charge in [0.05, 0.1) is 12.2 Å². The largest absolute Gasteiger partial charge is 0.337 e. The van der Waals surface area contributed by atoms with Crippen LogP contribution in [0.2, 0.25) is 0 Å². The van der Waals surface area contributed by atoms with Gasteiger partial charge in [-0.05, 0) is 36.6 Å². The molecule has 2 aromatic rings. The van der Waals surface area contributed by atoms with Crippen LogP contribution >= 0.6 is 0 Å². The molecule has 1 aromatic carbocycles. The van der Waals surface area contributed by atoms with E-state index in [2.05, 4.69) is 17.2 Å². The van der Waals surface area contributed by atoms with Crippen LogP contribution < -0.4 is 5.32 Å². The Kier molecular flexibility index (Phi) is 6.69. The topological polar surface area (TPSA) is 62.3 Å². The fourth-order valence-corrected chi connectivity index (χ4v) is 2.68. The van der Waals surface area contributed by atoms with E-state index in [9.17, 15) is 9.59 Å². The smallest absolute Gasteiger partial charge is 0.226 e. The number of carbonyl (C=O) groups is 2. The van der Waals surface area contributed by atoms with E-state index in [-0.39, 0.29) is 18.2 Å². The molecule has 132 valence electrons. The number of nitrogens with zero attached hydrogens (tertiary/aromatic N) is 2. The average Bonchev–Trinajstić information content (AvgIpc) is 2.61. The van der Waals surface area contributed by atoms with Crippen molar-refractivity contribution in [1.29, 1.82) is 0 Å². The zero-order valence-corrected chi connectivity index (χ0v) is 15.1. The first kappa shape index (κ1) is 18.6. The zero-order valence-electron chi connectivity index (χ0n) is 15.1. The number of aryl methyl sites for hydroxylation is 2. The minimum Gasteiger partial charge on any atom is -0.337 e. The van der Waals surface area contributed by atoms with Crippen molar-refractivity contribution in [3.8, 4) is 0 Å². The molecule has 0 bridgehead atoms. The SMILES string of the molecule is CCc1cccc(C)c1NC(=O)CCN(Cc1ccccn1)C(C)=O. The molecule has 2 amide bonds. The number of hydrogen-bond acceptors (Lipinski definition) is 3. The molecule has 0 aliphatic carbocycles. The summed E-state index contributed by atoms with van der Waals surface area (Å²) in [5.41, 5.74) is 3.86. The lowest BCUT2D eigenvalue weighted by Gasteiger charge is -2.21. The molecule has 5 nitrogen and oxygen atoms in total. The summed E-state index contributed by atoms with van der Waals surface area (Å²) in [6.45, 7) is 6.34. The fraction of sp³-hybridized carbons (Fsp3) is 0.350. The van der Waals surface area contributed by atoms with E-state index in [0.29, 0.717) is 13.1 Å². The summed E-state index contributed by atoms with van der Waals surface area (Å²) in [6.07, 6.45) is 2.81. The molecule has 0 aliphatic rings. The van der Waals surface area contributed by atoms with Crippen LogP contribution in [0.5, 0.6) is 0 Å². The van der Waals surface area contributed by atoms with Gasteiger partial charge in [0.2, 0.25) is 11.8 Å². The number of para-hydroxylation sites is 1. The number of hydrogen-bond donors (Lipinski definition) is 1. The van der Waals surface area contributed by atoms with Crippen LogP contribution in [0.15, 0.2) is 42.6 Å². The van der Waals surface area contributed by atoms with E-state index < -0.39 is 0 Å². The van der Waals surface area contributed by atoms with Gasteiger partial charge >= 0.3 is 0 Å². The van der Waals surface area contributed by atoms with Crippen LogP contribution in [0, 0.1) is 6.92 Å². The van der Waals surface area contributed by atoms with Crippen LogP contribution in [0.3, 0.4) is 0 Å². The number of carbonyl (C=O) groups excluding carboxylic acids is 2. The van der Waals surface area contributed by atoms with Gasteiger partial charge in [-0.2, -0.15) is 0 Å². The Hall–Kier alpha value is -2.69. The minimum atomic E-state index is -0.0868. The van der Waals surface area contributed by atoms with Crippen molar-refractivity contribution in [3.05, 3.63) is 59.4 Å². The van der Waals surface area contributed by atoms with E-state index in [1.165, 1.54) is 6.92 Å². The van der Waals surface area contributed by atoms with Crippen LogP contribution in [0.1, 0.15) is 37.1 Å². The zero-order chi connectivity index (χ0) is 18.2. The predicted octanol–water partition coefficient (Wildman–Crippen LogP) is 3.33. The fourth-order valence-electron chi connectivity index (χ4n) is 2.68. The summed E-state index contributed by atoms with van der Waals surface area (Å²) < 4.78 is 0. The van der Waals surface area contributed by atoms with Crippen molar-refractivity contribution in [2.24, 2.45) is 0 Å². The summed E-state index contributed by atoms with van der Waals surface area (Å²) in [5.74, 6) is -0.153. The highest BCUT2D eigenvalue weighted by molar-refractivity contribution is 5.92. The Morgan fingerprint density at radius 2 is 1.96 bits per heavy atom. The average molecular weight is 339 g/mol. The molecule has 25 heavy (non-hydrogen) atoms. The van der Waals surface area contributed by atoms with Gasteiger partial charge in [-0.3, -0.25) is 14.6 Å². The summed E-state index contributed by atoms with van der Waals surface area (Å²) >= 11 is 0. The first-order valence-electron chi connectivity index (χ1n) is 8.55. The summed E-state index contributed by atoms with van der Waals surface area (Å²) in [4.78, 5) is 30.1.